The molecule has 2 nitrogen and oxygen atoms in total. The highest BCUT2D eigenvalue weighted by Crippen LogP contribution is 2.35. The summed E-state index contributed by atoms with van der Waals surface area (Å²) in [4.78, 5) is 5.47. The molecule has 0 aromatic carbocycles. The van der Waals surface area contributed by atoms with Gasteiger partial charge in [-0.1, -0.05) is 13.8 Å². The Balaban J connectivity index is 1.92. The van der Waals surface area contributed by atoms with E-state index in [9.17, 15) is 0 Å². The van der Waals surface area contributed by atoms with E-state index < -0.39 is 0 Å². The van der Waals surface area contributed by atoms with Crippen LogP contribution in [0.5, 0.6) is 0 Å². The molecular formula is C16H28N2S. The van der Waals surface area contributed by atoms with Crippen molar-refractivity contribution in [3.8, 4) is 0 Å². The first-order chi connectivity index (χ1) is 8.97. The van der Waals surface area contributed by atoms with Crippen molar-refractivity contribution in [2.24, 2.45) is 5.92 Å². The molecule has 1 saturated carbocycles. The lowest BCUT2D eigenvalue weighted by Crippen LogP contribution is -2.30. The van der Waals surface area contributed by atoms with E-state index in [0.29, 0.717) is 6.04 Å². The van der Waals surface area contributed by atoms with Crippen molar-refractivity contribution >= 4 is 11.3 Å². The molecule has 0 radical (unpaired) electrons. The Morgan fingerprint density at radius 3 is 2.63 bits per heavy atom. The quantitative estimate of drug-likeness (QED) is 0.817. The molecule has 1 aromatic rings. The molecule has 1 fully saturated rings. The minimum absolute atomic E-state index is 0.559. The Morgan fingerprint density at radius 2 is 2.05 bits per heavy atom. The van der Waals surface area contributed by atoms with Gasteiger partial charge in [0.15, 0.2) is 0 Å². The van der Waals surface area contributed by atoms with Gasteiger partial charge in [0.1, 0.15) is 0 Å². The van der Waals surface area contributed by atoms with Crippen LogP contribution in [-0.4, -0.2) is 24.0 Å². The van der Waals surface area contributed by atoms with E-state index in [0.717, 1.165) is 25.0 Å². The minimum Gasteiger partial charge on any atom is -0.310 e. The Morgan fingerprint density at radius 1 is 1.37 bits per heavy atom. The lowest BCUT2D eigenvalue weighted by atomic mass is 10.1. The van der Waals surface area contributed by atoms with Gasteiger partial charge in [0.25, 0.3) is 0 Å². The molecule has 1 aliphatic rings. The number of hydrogen-bond donors (Lipinski definition) is 1. The molecule has 0 bridgehead atoms. The first kappa shape index (κ1) is 15.0. The van der Waals surface area contributed by atoms with Crippen LogP contribution in [-0.2, 0) is 13.1 Å². The summed E-state index contributed by atoms with van der Waals surface area (Å²) < 4.78 is 0. The van der Waals surface area contributed by atoms with Crippen LogP contribution < -0.4 is 5.32 Å². The van der Waals surface area contributed by atoms with Gasteiger partial charge in [-0.25, -0.2) is 0 Å². The van der Waals surface area contributed by atoms with Gasteiger partial charge in [0, 0.05) is 34.9 Å². The van der Waals surface area contributed by atoms with Gasteiger partial charge < -0.3 is 5.32 Å². The molecule has 1 heterocycles. The minimum atomic E-state index is 0.559. The summed E-state index contributed by atoms with van der Waals surface area (Å²) in [5.74, 6) is 0.950. The van der Waals surface area contributed by atoms with Crippen molar-refractivity contribution in [1.82, 2.24) is 10.2 Å². The van der Waals surface area contributed by atoms with Crippen LogP contribution >= 0.6 is 11.3 Å². The second kappa shape index (κ2) is 6.38. The molecule has 1 unspecified atom stereocenters. The topological polar surface area (TPSA) is 15.3 Å². The van der Waals surface area contributed by atoms with Gasteiger partial charge in [-0.2, -0.15) is 0 Å². The molecule has 3 heteroatoms. The summed E-state index contributed by atoms with van der Waals surface area (Å²) >= 11 is 1.94. The maximum atomic E-state index is 3.50. The first-order valence-electron chi connectivity index (χ1n) is 7.49. The van der Waals surface area contributed by atoms with E-state index in [2.05, 4.69) is 51.0 Å². The summed E-state index contributed by atoms with van der Waals surface area (Å²) in [6.45, 7) is 11.1. The summed E-state index contributed by atoms with van der Waals surface area (Å²) in [5.41, 5.74) is 1.51. The van der Waals surface area contributed by atoms with Crippen molar-refractivity contribution < 1.29 is 0 Å². The zero-order chi connectivity index (χ0) is 14.0. The molecular weight excluding hydrogens is 252 g/mol. The highest BCUT2D eigenvalue weighted by Gasteiger charge is 2.30. The van der Waals surface area contributed by atoms with Gasteiger partial charge in [0.05, 0.1) is 0 Å². The van der Waals surface area contributed by atoms with E-state index in [-0.39, 0.29) is 0 Å². The lowest BCUT2D eigenvalue weighted by Gasteiger charge is -2.24. The highest BCUT2D eigenvalue weighted by molar-refractivity contribution is 7.12. The van der Waals surface area contributed by atoms with Crippen molar-refractivity contribution in [1.29, 1.82) is 0 Å². The molecule has 1 atom stereocenters. The Labute approximate surface area is 122 Å². The van der Waals surface area contributed by atoms with Crippen LogP contribution in [0.2, 0.25) is 0 Å². The number of nitrogens with zero attached hydrogens (tertiary/aromatic N) is 1. The van der Waals surface area contributed by atoms with Gasteiger partial charge in [0.2, 0.25) is 0 Å². The van der Waals surface area contributed by atoms with Gasteiger partial charge in [-0.3, -0.25) is 4.90 Å². The van der Waals surface area contributed by atoms with E-state index in [4.69, 9.17) is 0 Å². The Hall–Kier alpha value is -0.380. The van der Waals surface area contributed by atoms with Crippen molar-refractivity contribution in [2.75, 3.05) is 7.05 Å². The van der Waals surface area contributed by atoms with Gasteiger partial charge >= 0.3 is 0 Å². The summed E-state index contributed by atoms with van der Waals surface area (Å²) in [6, 6.07) is 3.69. The Kier molecular flexibility index (Phi) is 5.04. The van der Waals surface area contributed by atoms with E-state index >= 15 is 0 Å². The summed E-state index contributed by atoms with van der Waals surface area (Å²) in [6.07, 6.45) is 2.86. The van der Waals surface area contributed by atoms with E-state index in [1.807, 2.05) is 11.3 Å². The smallest absolute Gasteiger partial charge is 0.0302 e. The van der Waals surface area contributed by atoms with E-state index in [1.165, 1.54) is 28.2 Å². The third-order valence-electron chi connectivity index (χ3n) is 4.18. The number of nitrogens with one attached hydrogen (secondary N) is 1. The molecule has 1 N–H and O–H groups in total. The first-order valence-corrected chi connectivity index (χ1v) is 8.30. The zero-order valence-electron chi connectivity index (χ0n) is 13.0. The fourth-order valence-corrected chi connectivity index (χ4v) is 3.49. The molecule has 0 amide bonds. The second-order valence-electron chi connectivity index (χ2n) is 6.32. The monoisotopic (exact) mass is 280 g/mol. The van der Waals surface area contributed by atoms with Crippen molar-refractivity contribution in [3.05, 3.63) is 21.4 Å². The van der Waals surface area contributed by atoms with Crippen LogP contribution in [0, 0.1) is 12.8 Å². The number of hydrogen-bond acceptors (Lipinski definition) is 3. The number of rotatable bonds is 7. The average molecular weight is 280 g/mol. The van der Waals surface area contributed by atoms with Crippen LogP contribution in [0.4, 0.5) is 0 Å². The maximum Gasteiger partial charge on any atom is 0.0302 e. The molecule has 0 saturated heterocycles. The summed E-state index contributed by atoms with van der Waals surface area (Å²) in [5, 5.41) is 3.50. The molecule has 0 aliphatic heterocycles. The van der Waals surface area contributed by atoms with Crippen LogP contribution in [0.1, 0.15) is 48.9 Å². The normalized spacial score (nSPS) is 17.4. The van der Waals surface area contributed by atoms with Crippen LogP contribution in [0.25, 0.3) is 0 Å². The number of thiophene rings is 1. The predicted molar refractivity (Wildman–Crippen MR) is 84.7 cm³/mol. The average Bonchev–Trinajstić information content (AvgIpc) is 3.12. The maximum absolute atomic E-state index is 3.50. The third-order valence-corrected chi connectivity index (χ3v) is 5.27. The zero-order valence-corrected chi connectivity index (χ0v) is 13.8. The Bertz CT molecular complexity index is 407. The fraction of sp³-hybridized carbons (Fsp3) is 0.750. The molecule has 108 valence electrons. The molecule has 1 aliphatic carbocycles. The molecule has 0 spiro atoms. The SMILES string of the molecule is Cc1sc(CNC(C)C)cc1CN(C)C(C)C1CC1. The molecule has 2 rings (SSSR count). The number of aryl methyl sites for hydroxylation is 1. The lowest BCUT2D eigenvalue weighted by molar-refractivity contribution is 0.226. The highest BCUT2D eigenvalue weighted by atomic mass is 32.1. The second-order valence-corrected chi connectivity index (χ2v) is 7.66. The molecule has 1 aromatic heterocycles. The standard InChI is InChI=1S/C16H28N2S/c1-11(2)17-9-16-8-15(13(4)19-16)10-18(5)12(3)14-6-7-14/h8,11-12,14,17H,6-7,9-10H2,1-5H3. The van der Waals surface area contributed by atoms with Crippen molar-refractivity contribution in [3.63, 3.8) is 0 Å². The van der Waals surface area contributed by atoms with Gasteiger partial charge in [-0.05, 0) is 51.3 Å². The van der Waals surface area contributed by atoms with Gasteiger partial charge in [-0.15, -0.1) is 11.3 Å². The predicted octanol–water partition coefficient (Wildman–Crippen LogP) is 3.78. The molecule has 19 heavy (non-hydrogen) atoms. The summed E-state index contributed by atoms with van der Waals surface area (Å²) in [7, 11) is 2.27. The van der Waals surface area contributed by atoms with Crippen LogP contribution in [0.3, 0.4) is 0 Å². The largest absolute Gasteiger partial charge is 0.310 e. The van der Waals surface area contributed by atoms with Crippen LogP contribution in [0.15, 0.2) is 6.07 Å². The fourth-order valence-electron chi connectivity index (χ4n) is 2.49. The van der Waals surface area contributed by atoms with E-state index in [1.54, 1.807) is 0 Å². The third kappa shape index (κ3) is 4.30. The van der Waals surface area contributed by atoms with Crippen molar-refractivity contribution in [2.45, 2.75) is 65.7 Å².